The Kier molecular flexibility index (Phi) is 5.18. The smallest absolute Gasteiger partial charge is 0.233 e. The molecule has 1 amide bonds. The van der Waals surface area contributed by atoms with Crippen molar-refractivity contribution < 1.29 is 4.79 Å². The Bertz CT molecular complexity index is 464. The van der Waals surface area contributed by atoms with E-state index in [1.165, 1.54) is 11.8 Å². The SMILES string of the molecule is CCC(C)(C)NC(=O)C(C)Sc1nnnn1C(C)(C)C. The van der Waals surface area contributed by atoms with Crippen LogP contribution in [-0.4, -0.2) is 36.9 Å². The minimum Gasteiger partial charge on any atom is -0.350 e. The van der Waals surface area contributed by atoms with Gasteiger partial charge in [0.15, 0.2) is 0 Å². The molecule has 1 atom stereocenters. The average Bonchev–Trinajstić information content (AvgIpc) is 2.76. The van der Waals surface area contributed by atoms with Crippen LogP contribution in [0.2, 0.25) is 0 Å². The Morgan fingerprint density at radius 2 is 1.95 bits per heavy atom. The van der Waals surface area contributed by atoms with Crippen molar-refractivity contribution in [2.24, 2.45) is 0 Å². The van der Waals surface area contributed by atoms with E-state index in [-0.39, 0.29) is 22.2 Å². The number of aromatic nitrogens is 4. The molecule has 7 heteroatoms. The van der Waals surface area contributed by atoms with Crippen LogP contribution in [0.3, 0.4) is 0 Å². The molecule has 1 aromatic heterocycles. The summed E-state index contributed by atoms with van der Waals surface area (Å²) in [5.41, 5.74) is -0.396. The largest absolute Gasteiger partial charge is 0.350 e. The summed E-state index contributed by atoms with van der Waals surface area (Å²) in [6, 6.07) is 0. The van der Waals surface area contributed by atoms with Crippen molar-refractivity contribution >= 4 is 17.7 Å². The van der Waals surface area contributed by atoms with Gasteiger partial charge < -0.3 is 5.32 Å². The van der Waals surface area contributed by atoms with E-state index in [1.54, 1.807) is 4.68 Å². The normalized spacial score (nSPS) is 14.2. The third-order valence-corrected chi connectivity index (χ3v) is 4.11. The fraction of sp³-hybridized carbons (Fsp3) is 0.846. The van der Waals surface area contributed by atoms with Crippen LogP contribution >= 0.6 is 11.8 Å². The third-order valence-electron chi connectivity index (χ3n) is 3.07. The van der Waals surface area contributed by atoms with Crippen molar-refractivity contribution in [3.8, 4) is 0 Å². The fourth-order valence-corrected chi connectivity index (χ4v) is 2.38. The molecular formula is C13H25N5OS. The third kappa shape index (κ3) is 4.47. The van der Waals surface area contributed by atoms with Gasteiger partial charge in [-0.3, -0.25) is 4.79 Å². The minimum absolute atomic E-state index is 0.00492. The van der Waals surface area contributed by atoms with Crippen LogP contribution in [0.1, 0.15) is 54.9 Å². The van der Waals surface area contributed by atoms with Crippen LogP contribution in [0.15, 0.2) is 5.16 Å². The lowest BCUT2D eigenvalue weighted by Gasteiger charge is -2.26. The van der Waals surface area contributed by atoms with Gasteiger partial charge in [-0.05, 0) is 58.4 Å². The number of nitrogens with zero attached hydrogens (tertiary/aromatic N) is 4. The van der Waals surface area contributed by atoms with Crippen molar-refractivity contribution in [2.75, 3.05) is 0 Å². The first-order valence-electron chi connectivity index (χ1n) is 6.84. The van der Waals surface area contributed by atoms with E-state index in [2.05, 4.69) is 27.8 Å². The Labute approximate surface area is 125 Å². The number of carbonyl (C=O) groups is 1. The van der Waals surface area contributed by atoms with Crippen molar-refractivity contribution in [1.29, 1.82) is 0 Å². The number of thioether (sulfide) groups is 1. The van der Waals surface area contributed by atoms with Crippen LogP contribution in [0.4, 0.5) is 0 Å². The lowest BCUT2D eigenvalue weighted by molar-refractivity contribution is -0.121. The van der Waals surface area contributed by atoms with Crippen LogP contribution < -0.4 is 5.32 Å². The molecule has 1 rings (SSSR count). The molecule has 0 aliphatic carbocycles. The molecule has 0 radical (unpaired) electrons. The van der Waals surface area contributed by atoms with Crippen LogP contribution in [0.25, 0.3) is 0 Å². The first kappa shape index (κ1) is 16.9. The highest BCUT2D eigenvalue weighted by molar-refractivity contribution is 8.00. The summed E-state index contributed by atoms with van der Waals surface area (Å²) < 4.78 is 1.74. The van der Waals surface area contributed by atoms with Gasteiger partial charge >= 0.3 is 0 Å². The van der Waals surface area contributed by atoms with Gasteiger partial charge in [0, 0.05) is 5.54 Å². The fourth-order valence-electron chi connectivity index (χ4n) is 1.41. The number of rotatable bonds is 5. The number of hydrogen-bond donors (Lipinski definition) is 1. The van der Waals surface area contributed by atoms with Gasteiger partial charge in [0.1, 0.15) is 0 Å². The first-order chi connectivity index (χ1) is 9.07. The maximum absolute atomic E-state index is 12.2. The molecule has 1 aromatic rings. The van der Waals surface area contributed by atoms with Crippen molar-refractivity contribution in [1.82, 2.24) is 25.5 Å². The summed E-state index contributed by atoms with van der Waals surface area (Å²) >= 11 is 1.38. The monoisotopic (exact) mass is 299 g/mol. The molecule has 0 spiro atoms. The summed E-state index contributed by atoms with van der Waals surface area (Å²) in [4.78, 5) is 12.2. The highest BCUT2D eigenvalue weighted by Crippen LogP contribution is 2.25. The predicted octanol–water partition coefficient (Wildman–Crippen LogP) is 2.21. The summed E-state index contributed by atoms with van der Waals surface area (Å²) in [7, 11) is 0. The lowest BCUT2D eigenvalue weighted by Crippen LogP contribution is -2.46. The van der Waals surface area contributed by atoms with E-state index in [1.807, 2.05) is 41.5 Å². The van der Waals surface area contributed by atoms with Gasteiger partial charge in [-0.25, -0.2) is 4.68 Å². The standard InChI is InChI=1S/C13H25N5OS/c1-8-13(6,7)14-10(19)9(2)20-11-15-16-17-18(11)12(3,4)5/h9H,8H2,1-7H3,(H,14,19). The molecule has 1 N–H and O–H groups in total. The maximum atomic E-state index is 12.2. The van der Waals surface area contributed by atoms with E-state index in [4.69, 9.17) is 0 Å². The number of tetrazole rings is 1. The zero-order chi connectivity index (χ0) is 15.6. The number of carbonyl (C=O) groups excluding carboxylic acids is 1. The van der Waals surface area contributed by atoms with E-state index in [9.17, 15) is 4.79 Å². The molecule has 114 valence electrons. The molecule has 20 heavy (non-hydrogen) atoms. The zero-order valence-electron chi connectivity index (χ0n) is 13.4. The maximum Gasteiger partial charge on any atom is 0.233 e. The predicted molar refractivity (Wildman–Crippen MR) is 80.6 cm³/mol. The van der Waals surface area contributed by atoms with E-state index in [0.717, 1.165) is 6.42 Å². The highest BCUT2D eigenvalue weighted by Gasteiger charge is 2.26. The second kappa shape index (κ2) is 6.11. The zero-order valence-corrected chi connectivity index (χ0v) is 14.2. The van der Waals surface area contributed by atoms with Gasteiger partial charge in [0.25, 0.3) is 0 Å². The number of amides is 1. The van der Waals surface area contributed by atoms with Gasteiger partial charge in [-0.15, -0.1) is 5.10 Å². The lowest BCUT2D eigenvalue weighted by atomic mass is 10.0. The minimum atomic E-state index is -0.243. The second-order valence-electron chi connectivity index (χ2n) is 6.53. The molecule has 1 unspecified atom stereocenters. The van der Waals surface area contributed by atoms with E-state index in [0.29, 0.717) is 5.16 Å². The molecule has 6 nitrogen and oxygen atoms in total. The Balaban J connectivity index is 2.74. The highest BCUT2D eigenvalue weighted by atomic mass is 32.2. The number of hydrogen-bond acceptors (Lipinski definition) is 5. The van der Waals surface area contributed by atoms with Gasteiger partial charge in [-0.1, -0.05) is 18.7 Å². The van der Waals surface area contributed by atoms with Gasteiger partial charge in [0.2, 0.25) is 11.1 Å². The number of nitrogens with one attached hydrogen (secondary N) is 1. The van der Waals surface area contributed by atoms with Crippen molar-refractivity contribution in [3.63, 3.8) is 0 Å². The molecule has 0 saturated heterocycles. The topological polar surface area (TPSA) is 72.7 Å². The summed E-state index contributed by atoms with van der Waals surface area (Å²) in [5, 5.41) is 15.2. The summed E-state index contributed by atoms with van der Waals surface area (Å²) in [6.45, 7) is 14.0. The summed E-state index contributed by atoms with van der Waals surface area (Å²) in [6.07, 6.45) is 0.885. The van der Waals surface area contributed by atoms with Crippen LogP contribution in [0, 0.1) is 0 Å². The molecule has 0 saturated carbocycles. The van der Waals surface area contributed by atoms with E-state index >= 15 is 0 Å². The van der Waals surface area contributed by atoms with Crippen molar-refractivity contribution in [2.45, 2.75) is 76.4 Å². The average molecular weight is 299 g/mol. The second-order valence-corrected chi connectivity index (χ2v) is 7.84. The van der Waals surface area contributed by atoms with Gasteiger partial charge in [0.05, 0.1) is 10.8 Å². The molecule has 0 bridgehead atoms. The molecule has 1 heterocycles. The Morgan fingerprint density at radius 3 is 2.45 bits per heavy atom. The molecule has 0 fully saturated rings. The quantitative estimate of drug-likeness (QED) is 0.844. The Morgan fingerprint density at radius 1 is 1.35 bits per heavy atom. The molecule has 0 aliphatic rings. The first-order valence-corrected chi connectivity index (χ1v) is 7.72. The van der Waals surface area contributed by atoms with Gasteiger partial charge in [-0.2, -0.15) is 0 Å². The summed E-state index contributed by atoms with van der Waals surface area (Å²) in [5.74, 6) is 0.00492. The van der Waals surface area contributed by atoms with Crippen LogP contribution in [0.5, 0.6) is 0 Å². The molecule has 0 aromatic carbocycles. The van der Waals surface area contributed by atoms with Crippen LogP contribution in [-0.2, 0) is 10.3 Å². The molecule has 0 aliphatic heterocycles. The molecular weight excluding hydrogens is 274 g/mol. The Hall–Kier alpha value is -1.11. The van der Waals surface area contributed by atoms with Crippen molar-refractivity contribution in [3.05, 3.63) is 0 Å². The van der Waals surface area contributed by atoms with E-state index < -0.39 is 0 Å².